The number of rotatable bonds is 6. The van der Waals surface area contributed by atoms with Crippen LogP contribution in [0.25, 0.3) is 0 Å². The van der Waals surface area contributed by atoms with E-state index in [2.05, 4.69) is 10.5 Å². The normalized spacial score (nSPS) is 10.8. The molecule has 0 unspecified atom stereocenters. The summed E-state index contributed by atoms with van der Waals surface area (Å²) < 4.78 is 0. The fraction of sp³-hybridized carbons (Fsp3) is 0.125. The Morgan fingerprint density at radius 2 is 1.77 bits per heavy atom. The Hall–Kier alpha value is -1.43. The van der Waals surface area contributed by atoms with Crippen molar-refractivity contribution < 1.29 is 4.79 Å². The van der Waals surface area contributed by atoms with E-state index >= 15 is 0 Å². The minimum absolute atomic E-state index is 0.142. The molecule has 0 aliphatic carbocycles. The summed E-state index contributed by atoms with van der Waals surface area (Å²) >= 11 is 8.94. The van der Waals surface area contributed by atoms with Crippen LogP contribution < -0.4 is 5.43 Å². The highest BCUT2D eigenvalue weighted by molar-refractivity contribution is 8.00. The predicted octanol–water partition coefficient (Wildman–Crippen LogP) is 4.30. The molecular formula is C16H15ClN2OS2. The Balaban J connectivity index is 1.76. The van der Waals surface area contributed by atoms with Crippen LogP contribution in [-0.4, -0.2) is 24.1 Å². The lowest BCUT2D eigenvalue weighted by molar-refractivity contribution is -0.118. The molecule has 114 valence electrons. The first-order valence-electron chi connectivity index (χ1n) is 6.52. The van der Waals surface area contributed by atoms with Gasteiger partial charge in [-0.3, -0.25) is 4.79 Å². The summed E-state index contributed by atoms with van der Waals surface area (Å²) in [5.41, 5.74) is 3.47. The van der Waals surface area contributed by atoms with Gasteiger partial charge >= 0.3 is 0 Å². The van der Waals surface area contributed by atoms with Gasteiger partial charge in [0, 0.05) is 14.8 Å². The Morgan fingerprint density at radius 1 is 1.14 bits per heavy atom. The number of thioether (sulfide) groups is 2. The lowest BCUT2D eigenvalue weighted by Crippen LogP contribution is -2.19. The van der Waals surface area contributed by atoms with Crippen LogP contribution in [0.1, 0.15) is 5.56 Å². The highest BCUT2D eigenvalue weighted by Crippen LogP contribution is 2.19. The third-order valence-corrected chi connectivity index (χ3v) is 4.71. The van der Waals surface area contributed by atoms with Crippen molar-refractivity contribution in [2.24, 2.45) is 5.10 Å². The van der Waals surface area contributed by atoms with Crippen molar-refractivity contribution >= 4 is 47.2 Å². The van der Waals surface area contributed by atoms with E-state index in [1.807, 2.05) is 42.7 Å². The van der Waals surface area contributed by atoms with Crippen LogP contribution in [0.5, 0.6) is 0 Å². The minimum Gasteiger partial charge on any atom is -0.272 e. The highest BCUT2D eigenvalue weighted by atomic mass is 35.5. The smallest absolute Gasteiger partial charge is 0.250 e. The first kappa shape index (κ1) is 16.9. The molecule has 0 bridgehead atoms. The lowest BCUT2D eigenvalue weighted by atomic mass is 10.2. The average molecular weight is 351 g/mol. The third-order valence-electron chi connectivity index (χ3n) is 2.70. The molecule has 3 nitrogen and oxygen atoms in total. The van der Waals surface area contributed by atoms with E-state index in [0.29, 0.717) is 10.8 Å². The summed E-state index contributed by atoms with van der Waals surface area (Å²) in [7, 11) is 0. The molecule has 0 saturated heterocycles. The summed E-state index contributed by atoms with van der Waals surface area (Å²) in [6.45, 7) is 0. The van der Waals surface area contributed by atoms with Crippen molar-refractivity contribution in [2.45, 2.75) is 9.79 Å². The van der Waals surface area contributed by atoms with Crippen LogP contribution in [0.3, 0.4) is 0 Å². The molecule has 1 N–H and O–H groups in total. The molecule has 0 heterocycles. The Morgan fingerprint density at radius 3 is 2.41 bits per heavy atom. The Labute approximate surface area is 143 Å². The molecule has 6 heteroatoms. The van der Waals surface area contributed by atoms with Gasteiger partial charge in [-0.05, 0) is 48.2 Å². The predicted molar refractivity (Wildman–Crippen MR) is 96.1 cm³/mol. The molecule has 0 fully saturated rings. The molecule has 0 aromatic heterocycles. The fourth-order valence-corrected chi connectivity index (χ4v) is 2.81. The largest absolute Gasteiger partial charge is 0.272 e. The molecule has 22 heavy (non-hydrogen) atoms. The maximum atomic E-state index is 11.7. The monoisotopic (exact) mass is 350 g/mol. The van der Waals surface area contributed by atoms with Crippen LogP contribution in [0.2, 0.25) is 5.02 Å². The number of hydrogen-bond acceptors (Lipinski definition) is 4. The molecule has 0 atom stereocenters. The zero-order chi connectivity index (χ0) is 15.8. The quantitative estimate of drug-likeness (QED) is 0.479. The molecular weight excluding hydrogens is 336 g/mol. The molecule has 1 amide bonds. The van der Waals surface area contributed by atoms with E-state index in [0.717, 1.165) is 10.5 Å². The topological polar surface area (TPSA) is 41.5 Å². The van der Waals surface area contributed by atoms with Crippen LogP contribution in [0.4, 0.5) is 0 Å². The van der Waals surface area contributed by atoms with Crippen molar-refractivity contribution in [2.75, 3.05) is 12.0 Å². The summed E-state index contributed by atoms with van der Waals surface area (Å²) in [5, 5.41) is 4.64. The molecule has 0 spiro atoms. The van der Waals surface area contributed by atoms with Gasteiger partial charge in [-0.1, -0.05) is 23.7 Å². The Bertz CT molecular complexity index is 642. The van der Waals surface area contributed by atoms with E-state index < -0.39 is 0 Å². The summed E-state index contributed by atoms with van der Waals surface area (Å²) in [4.78, 5) is 13.9. The van der Waals surface area contributed by atoms with Crippen LogP contribution in [0.15, 0.2) is 63.4 Å². The van der Waals surface area contributed by atoms with Gasteiger partial charge in [0.25, 0.3) is 0 Å². The maximum Gasteiger partial charge on any atom is 0.250 e. The van der Waals surface area contributed by atoms with Gasteiger partial charge in [0.1, 0.15) is 0 Å². The van der Waals surface area contributed by atoms with E-state index in [1.54, 1.807) is 30.1 Å². The van der Waals surface area contributed by atoms with E-state index in [9.17, 15) is 4.79 Å². The molecule has 2 aromatic carbocycles. The lowest BCUT2D eigenvalue weighted by Gasteiger charge is -2.01. The van der Waals surface area contributed by atoms with E-state index in [4.69, 9.17) is 11.6 Å². The van der Waals surface area contributed by atoms with Crippen LogP contribution in [0, 0.1) is 0 Å². The van der Waals surface area contributed by atoms with Crippen molar-refractivity contribution in [3.63, 3.8) is 0 Å². The van der Waals surface area contributed by atoms with Crippen molar-refractivity contribution in [1.82, 2.24) is 5.43 Å². The zero-order valence-corrected chi connectivity index (χ0v) is 14.3. The van der Waals surface area contributed by atoms with E-state index in [-0.39, 0.29) is 5.91 Å². The minimum atomic E-state index is -0.142. The molecule has 2 rings (SSSR count). The number of carbonyl (C=O) groups excluding carboxylic acids is 1. The number of halogens is 1. The third kappa shape index (κ3) is 5.75. The second-order valence-electron chi connectivity index (χ2n) is 4.31. The van der Waals surface area contributed by atoms with Crippen molar-refractivity contribution in [3.8, 4) is 0 Å². The zero-order valence-electron chi connectivity index (χ0n) is 12.0. The number of benzene rings is 2. The molecule has 0 aliphatic rings. The van der Waals surface area contributed by atoms with Crippen LogP contribution in [-0.2, 0) is 4.79 Å². The second kappa shape index (κ2) is 8.88. The molecule has 0 saturated carbocycles. The number of carbonyl (C=O) groups is 1. The maximum absolute atomic E-state index is 11.7. The highest BCUT2D eigenvalue weighted by Gasteiger charge is 2.01. The standard InChI is InChI=1S/C16H15ClN2OS2/c1-21-14-6-2-12(3-7-14)10-18-19-16(20)11-22-15-8-4-13(17)5-9-15/h2-10H,11H2,1H3,(H,19,20)/b18-10+. The summed E-state index contributed by atoms with van der Waals surface area (Å²) in [6.07, 6.45) is 3.66. The Kier molecular flexibility index (Phi) is 6.83. The summed E-state index contributed by atoms with van der Waals surface area (Å²) in [6, 6.07) is 15.3. The number of nitrogens with one attached hydrogen (secondary N) is 1. The fourth-order valence-electron chi connectivity index (χ4n) is 1.58. The summed E-state index contributed by atoms with van der Waals surface area (Å²) in [5.74, 6) is 0.168. The number of amides is 1. The SMILES string of the molecule is CSc1ccc(/C=N/NC(=O)CSc2ccc(Cl)cc2)cc1. The van der Waals surface area contributed by atoms with Crippen molar-refractivity contribution in [3.05, 3.63) is 59.1 Å². The number of hydrogen-bond donors (Lipinski definition) is 1. The second-order valence-corrected chi connectivity index (χ2v) is 6.67. The molecule has 2 aromatic rings. The number of nitrogens with zero attached hydrogens (tertiary/aromatic N) is 1. The van der Waals surface area contributed by atoms with Gasteiger partial charge in [-0.15, -0.1) is 23.5 Å². The van der Waals surface area contributed by atoms with Gasteiger partial charge in [-0.25, -0.2) is 5.43 Å². The van der Waals surface area contributed by atoms with Gasteiger partial charge in [-0.2, -0.15) is 5.10 Å². The van der Waals surface area contributed by atoms with Crippen molar-refractivity contribution in [1.29, 1.82) is 0 Å². The number of hydrazone groups is 1. The first-order valence-corrected chi connectivity index (χ1v) is 9.10. The van der Waals surface area contributed by atoms with Gasteiger partial charge in [0.05, 0.1) is 12.0 Å². The van der Waals surface area contributed by atoms with Gasteiger partial charge in [0.15, 0.2) is 0 Å². The van der Waals surface area contributed by atoms with Gasteiger partial charge < -0.3 is 0 Å². The molecule has 0 radical (unpaired) electrons. The van der Waals surface area contributed by atoms with E-state index in [1.165, 1.54) is 16.7 Å². The van der Waals surface area contributed by atoms with Gasteiger partial charge in [0.2, 0.25) is 5.91 Å². The van der Waals surface area contributed by atoms with Crippen LogP contribution >= 0.6 is 35.1 Å². The first-order chi connectivity index (χ1) is 10.7. The molecule has 0 aliphatic heterocycles. The average Bonchev–Trinajstić information content (AvgIpc) is 2.55.